The van der Waals surface area contributed by atoms with Gasteiger partial charge in [-0.05, 0) is 36.4 Å². The molecule has 0 unspecified atom stereocenters. The van der Waals surface area contributed by atoms with Gasteiger partial charge in [0.05, 0.1) is 17.4 Å². The highest BCUT2D eigenvalue weighted by Crippen LogP contribution is 2.18. The molecule has 0 radical (unpaired) electrons. The highest BCUT2D eigenvalue weighted by Gasteiger charge is 2.06. The van der Waals surface area contributed by atoms with Crippen LogP contribution in [0.15, 0.2) is 60.8 Å². The first-order valence-electron chi connectivity index (χ1n) is 6.14. The molecule has 1 heterocycles. The molecule has 2 aromatic carbocycles. The number of hydrogen-bond donors (Lipinski definition) is 1. The zero-order valence-corrected chi connectivity index (χ0v) is 10.5. The summed E-state index contributed by atoms with van der Waals surface area (Å²) in [6, 6.07) is 14.9. The van der Waals surface area contributed by atoms with E-state index in [0.29, 0.717) is 22.2 Å². The average Bonchev–Trinajstić information content (AvgIpc) is 2.47. The van der Waals surface area contributed by atoms with E-state index in [1.54, 1.807) is 42.6 Å². The van der Waals surface area contributed by atoms with Crippen molar-refractivity contribution < 1.29 is 9.18 Å². The van der Waals surface area contributed by atoms with Crippen LogP contribution in [0.1, 0.15) is 10.4 Å². The zero-order chi connectivity index (χ0) is 13.9. The number of halogens is 1. The third-order valence-electron chi connectivity index (χ3n) is 2.94. The van der Waals surface area contributed by atoms with E-state index < -0.39 is 0 Å². The number of aromatic nitrogens is 1. The van der Waals surface area contributed by atoms with Gasteiger partial charge in [-0.15, -0.1) is 0 Å². The largest absolute Gasteiger partial charge is 0.321 e. The van der Waals surface area contributed by atoms with Crippen molar-refractivity contribution in [1.29, 1.82) is 0 Å². The number of rotatable bonds is 2. The molecular formula is C16H11FN2O. The number of nitrogens with zero attached hydrogens (tertiary/aromatic N) is 1. The van der Waals surface area contributed by atoms with E-state index in [-0.39, 0.29) is 11.7 Å². The van der Waals surface area contributed by atoms with Crippen molar-refractivity contribution in [3.8, 4) is 0 Å². The molecule has 0 aliphatic carbocycles. The first-order valence-corrected chi connectivity index (χ1v) is 6.14. The van der Waals surface area contributed by atoms with E-state index in [9.17, 15) is 9.18 Å². The lowest BCUT2D eigenvalue weighted by molar-refractivity contribution is 0.102. The fraction of sp³-hybridized carbons (Fsp3) is 0. The quantitative estimate of drug-likeness (QED) is 0.769. The maximum absolute atomic E-state index is 13.2. The van der Waals surface area contributed by atoms with Crippen LogP contribution in [0.4, 0.5) is 10.1 Å². The summed E-state index contributed by atoms with van der Waals surface area (Å²) in [6.45, 7) is 0. The minimum absolute atomic E-state index is 0.219. The van der Waals surface area contributed by atoms with Crippen molar-refractivity contribution in [2.75, 3.05) is 5.32 Å². The number of benzene rings is 2. The van der Waals surface area contributed by atoms with Gasteiger partial charge < -0.3 is 5.32 Å². The van der Waals surface area contributed by atoms with Crippen LogP contribution in [0.3, 0.4) is 0 Å². The molecule has 0 atom stereocenters. The predicted molar refractivity (Wildman–Crippen MR) is 76.1 cm³/mol. The number of amides is 1. The third-order valence-corrected chi connectivity index (χ3v) is 2.94. The van der Waals surface area contributed by atoms with E-state index in [4.69, 9.17) is 0 Å². The molecule has 4 heteroatoms. The second-order valence-electron chi connectivity index (χ2n) is 4.38. The van der Waals surface area contributed by atoms with Crippen LogP contribution in [0.5, 0.6) is 0 Å². The summed E-state index contributed by atoms with van der Waals surface area (Å²) in [5.74, 6) is -0.547. The number of anilines is 1. The molecule has 3 aromatic rings. The Hall–Kier alpha value is -2.75. The number of pyridine rings is 1. The molecule has 0 saturated heterocycles. The van der Waals surface area contributed by atoms with Crippen molar-refractivity contribution in [3.63, 3.8) is 0 Å². The zero-order valence-electron chi connectivity index (χ0n) is 10.5. The van der Waals surface area contributed by atoms with Crippen LogP contribution >= 0.6 is 0 Å². The van der Waals surface area contributed by atoms with Crippen LogP contribution in [0.25, 0.3) is 10.9 Å². The van der Waals surface area contributed by atoms with Crippen molar-refractivity contribution in [1.82, 2.24) is 4.98 Å². The fourth-order valence-corrected chi connectivity index (χ4v) is 1.96. The van der Waals surface area contributed by atoms with Gasteiger partial charge in [0.2, 0.25) is 0 Å². The molecule has 0 spiro atoms. The minimum Gasteiger partial charge on any atom is -0.321 e. The van der Waals surface area contributed by atoms with Crippen molar-refractivity contribution in [3.05, 3.63) is 72.2 Å². The molecule has 20 heavy (non-hydrogen) atoms. The Bertz CT molecular complexity index is 772. The predicted octanol–water partition coefficient (Wildman–Crippen LogP) is 3.63. The van der Waals surface area contributed by atoms with E-state index in [0.717, 1.165) is 0 Å². The van der Waals surface area contributed by atoms with Crippen LogP contribution in [-0.2, 0) is 0 Å². The van der Waals surface area contributed by atoms with Gasteiger partial charge in [0.25, 0.3) is 5.91 Å². The molecule has 0 aliphatic heterocycles. The Kier molecular flexibility index (Phi) is 3.13. The normalized spacial score (nSPS) is 10.4. The van der Waals surface area contributed by atoms with Gasteiger partial charge in [0.15, 0.2) is 0 Å². The monoisotopic (exact) mass is 266 g/mol. The Morgan fingerprint density at radius 1 is 1.05 bits per heavy atom. The maximum Gasteiger partial charge on any atom is 0.255 e. The highest BCUT2D eigenvalue weighted by atomic mass is 19.1. The summed E-state index contributed by atoms with van der Waals surface area (Å²) >= 11 is 0. The first-order chi connectivity index (χ1) is 9.72. The molecular weight excluding hydrogens is 255 g/mol. The van der Waals surface area contributed by atoms with E-state index >= 15 is 0 Å². The van der Waals surface area contributed by atoms with Gasteiger partial charge in [-0.1, -0.05) is 18.2 Å². The van der Waals surface area contributed by atoms with Crippen LogP contribution in [-0.4, -0.2) is 10.9 Å². The van der Waals surface area contributed by atoms with E-state index in [2.05, 4.69) is 10.3 Å². The standard InChI is InChI=1S/C16H11FN2O/c17-13-6-7-15-12(8-13)9-14(10-18-15)19-16(20)11-4-2-1-3-5-11/h1-10H,(H,19,20). The van der Waals surface area contributed by atoms with Crippen LogP contribution in [0.2, 0.25) is 0 Å². The summed E-state index contributed by atoms with van der Waals surface area (Å²) < 4.78 is 13.2. The van der Waals surface area contributed by atoms with Gasteiger partial charge in [-0.25, -0.2) is 4.39 Å². The molecule has 0 fully saturated rings. The molecule has 0 bridgehead atoms. The number of carbonyl (C=O) groups excluding carboxylic acids is 1. The molecule has 1 N–H and O–H groups in total. The summed E-state index contributed by atoms with van der Waals surface area (Å²) in [5.41, 5.74) is 1.79. The van der Waals surface area contributed by atoms with Crippen molar-refractivity contribution >= 4 is 22.5 Å². The second-order valence-corrected chi connectivity index (χ2v) is 4.38. The highest BCUT2D eigenvalue weighted by molar-refractivity contribution is 6.04. The Balaban J connectivity index is 1.89. The van der Waals surface area contributed by atoms with Gasteiger partial charge in [0.1, 0.15) is 5.82 Å². The number of nitrogens with one attached hydrogen (secondary N) is 1. The Morgan fingerprint density at radius 3 is 2.65 bits per heavy atom. The number of carbonyl (C=O) groups is 1. The first kappa shape index (κ1) is 12.3. The SMILES string of the molecule is O=C(Nc1cnc2ccc(F)cc2c1)c1ccccc1. The van der Waals surface area contributed by atoms with Crippen molar-refractivity contribution in [2.24, 2.45) is 0 Å². The van der Waals surface area contributed by atoms with E-state index in [1.807, 2.05) is 6.07 Å². The van der Waals surface area contributed by atoms with Gasteiger partial charge in [-0.3, -0.25) is 9.78 Å². The summed E-state index contributed by atoms with van der Waals surface area (Å²) in [4.78, 5) is 16.2. The number of hydrogen-bond acceptors (Lipinski definition) is 2. The lowest BCUT2D eigenvalue weighted by Crippen LogP contribution is -2.11. The minimum atomic E-state index is -0.328. The molecule has 0 saturated carbocycles. The summed E-state index contributed by atoms with van der Waals surface area (Å²) in [6.07, 6.45) is 1.56. The fourth-order valence-electron chi connectivity index (χ4n) is 1.96. The van der Waals surface area contributed by atoms with E-state index in [1.165, 1.54) is 12.1 Å². The van der Waals surface area contributed by atoms with Gasteiger partial charge >= 0.3 is 0 Å². The maximum atomic E-state index is 13.2. The number of fused-ring (bicyclic) bond motifs is 1. The molecule has 1 amide bonds. The molecule has 1 aromatic heterocycles. The lowest BCUT2D eigenvalue weighted by Gasteiger charge is -2.06. The Labute approximate surface area is 115 Å². The van der Waals surface area contributed by atoms with Gasteiger partial charge in [0, 0.05) is 10.9 Å². The second kappa shape index (κ2) is 5.09. The molecule has 98 valence electrons. The van der Waals surface area contributed by atoms with Crippen LogP contribution in [0, 0.1) is 5.82 Å². The molecule has 3 rings (SSSR count). The molecule has 0 aliphatic rings. The van der Waals surface area contributed by atoms with Crippen molar-refractivity contribution in [2.45, 2.75) is 0 Å². The smallest absolute Gasteiger partial charge is 0.255 e. The third kappa shape index (κ3) is 2.49. The molecule has 3 nitrogen and oxygen atoms in total. The summed E-state index contributed by atoms with van der Waals surface area (Å²) in [7, 11) is 0. The van der Waals surface area contributed by atoms with Gasteiger partial charge in [-0.2, -0.15) is 0 Å². The summed E-state index contributed by atoms with van der Waals surface area (Å²) in [5, 5.41) is 3.39. The van der Waals surface area contributed by atoms with Crippen LogP contribution < -0.4 is 5.32 Å². The Morgan fingerprint density at radius 2 is 1.85 bits per heavy atom. The average molecular weight is 266 g/mol. The topological polar surface area (TPSA) is 42.0 Å². The lowest BCUT2D eigenvalue weighted by atomic mass is 10.2.